The average molecular weight is 313 g/mol. The van der Waals surface area contributed by atoms with Gasteiger partial charge in [-0.15, -0.1) is 0 Å². The van der Waals surface area contributed by atoms with Gasteiger partial charge in [-0.05, 0) is 38.3 Å². The molecular weight excluding hydrogens is 296 g/mol. The number of nitro benzene ring substituents is 1. The Hall–Kier alpha value is -1.82. The zero-order valence-corrected chi connectivity index (χ0v) is 12.5. The second kappa shape index (κ2) is 6.76. The second-order valence-corrected chi connectivity index (χ2v) is 5.28. The number of carbonyl (C=O) groups excluding carboxylic acids is 1. The lowest BCUT2D eigenvalue weighted by molar-refractivity contribution is -0.384. The van der Waals surface area contributed by atoms with Crippen molar-refractivity contribution in [1.29, 1.82) is 0 Å². The van der Waals surface area contributed by atoms with E-state index in [1.807, 2.05) is 0 Å². The number of nitro groups is 1. The molecule has 114 valence electrons. The minimum Gasteiger partial charge on any atom is -0.464 e. The normalized spacial score (nSPS) is 18.4. The lowest BCUT2D eigenvalue weighted by Gasteiger charge is -2.35. The van der Waals surface area contributed by atoms with E-state index in [0.29, 0.717) is 30.3 Å². The van der Waals surface area contributed by atoms with Gasteiger partial charge in [0.2, 0.25) is 0 Å². The van der Waals surface area contributed by atoms with E-state index in [1.165, 1.54) is 18.2 Å². The van der Waals surface area contributed by atoms with Crippen LogP contribution in [0.4, 0.5) is 11.4 Å². The fraction of sp³-hybridized carbons (Fsp3) is 0.500. The van der Waals surface area contributed by atoms with Gasteiger partial charge in [0.05, 0.1) is 11.5 Å². The number of anilines is 1. The summed E-state index contributed by atoms with van der Waals surface area (Å²) >= 11 is 5.96. The summed E-state index contributed by atoms with van der Waals surface area (Å²) < 4.78 is 5.08. The van der Waals surface area contributed by atoms with Crippen LogP contribution >= 0.6 is 11.6 Å². The third-order valence-corrected chi connectivity index (χ3v) is 3.74. The van der Waals surface area contributed by atoms with Crippen molar-refractivity contribution in [2.75, 3.05) is 18.1 Å². The summed E-state index contributed by atoms with van der Waals surface area (Å²) in [5.41, 5.74) is 0.334. The number of rotatable bonds is 4. The number of hydrogen-bond acceptors (Lipinski definition) is 5. The largest absolute Gasteiger partial charge is 0.464 e. The number of esters is 1. The van der Waals surface area contributed by atoms with E-state index < -0.39 is 11.0 Å². The molecule has 0 N–H and O–H groups in total. The summed E-state index contributed by atoms with van der Waals surface area (Å²) in [7, 11) is 0. The van der Waals surface area contributed by atoms with Gasteiger partial charge in [0.25, 0.3) is 5.69 Å². The molecule has 6 nitrogen and oxygen atoms in total. The van der Waals surface area contributed by atoms with Crippen LogP contribution in [0.2, 0.25) is 5.02 Å². The molecule has 1 aromatic carbocycles. The summed E-state index contributed by atoms with van der Waals surface area (Å²) in [5, 5.41) is 11.6. The van der Waals surface area contributed by atoms with Crippen LogP contribution in [-0.2, 0) is 9.53 Å². The van der Waals surface area contributed by atoms with E-state index in [2.05, 4.69) is 0 Å². The molecule has 1 saturated heterocycles. The van der Waals surface area contributed by atoms with Crippen molar-refractivity contribution in [2.45, 2.75) is 32.2 Å². The Morgan fingerprint density at radius 1 is 1.52 bits per heavy atom. The summed E-state index contributed by atoms with van der Waals surface area (Å²) in [5.74, 6) is -0.341. The maximum Gasteiger partial charge on any atom is 0.328 e. The van der Waals surface area contributed by atoms with Crippen molar-refractivity contribution in [3.8, 4) is 0 Å². The van der Waals surface area contributed by atoms with Gasteiger partial charge in [-0.25, -0.2) is 4.79 Å². The van der Waals surface area contributed by atoms with E-state index >= 15 is 0 Å². The first-order chi connectivity index (χ1) is 10.0. The third-order valence-electron chi connectivity index (χ3n) is 3.51. The number of piperidine rings is 1. The van der Waals surface area contributed by atoms with Crippen LogP contribution in [0.3, 0.4) is 0 Å². The van der Waals surface area contributed by atoms with Crippen LogP contribution in [0.1, 0.15) is 26.2 Å². The Balaban J connectivity index is 2.39. The quantitative estimate of drug-likeness (QED) is 0.485. The number of benzene rings is 1. The molecule has 0 spiro atoms. The Bertz CT molecular complexity index is 550. The van der Waals surface area contributed by atoms with Crippen molar-refractivity contribution in [2.24, 2.45) is 0 Å². The van der Waals surface area contributed by atoms with Crippen LogP contribution in [0.15, 0.2) is 18.2 Å². The first-order valence-electron chi connectivity index (χ1n) is 6.91. The third kappa shape index (κ3) is 3.44. The van der Waals surface area contributed by atoms with Crippen molar-refractivity contribution >= 4 is 28.9 Å². The number of carbonyl (C=O) groups is 1. The van der Waals surface area contributed by atoms with E-state index in [1.54, 1.807) is 11.8 Å². The molecular formula is C14H17ClN2O4. The molecule has 1 atom stereocenters. The summed E-state index contributed by atoms with van der Waals surface area (Å²) in [6.45, 7) is 2.61. The molecule has 1 aliphatic rings. The molecule has 0 bridgehead atoms. The molecule has 0 amide bonds. The second-order valence-electron chi connectivity index (χ2n) is 4.85. The molecule has 2 rings (SSSR count). The maximum absolute atomic E-state index is 12.1. The van der Waals surface area contributed by atoms with Gasteiger partial charge < -0.3 is 9.64 Å². The smallest absolute Gasteiger partial charge is 0.328 e. The highest BCUT2D eigenvalue weighted by Gasteiger charge is 2.33. The zero-order chi connectivity index (χ0) is 15.4. The molecule has 1 aromatic rings. The molecule has 0 radical (unpaired) electrons. The van der Waals surface area contributed by atoms with Crippen LogP contribution in [-0.4, -0.2) is 30.1 Å². The molecule has 1 unspecified atom stereocenters. The molecule has 0 aromatic heterocycles. The lowest BCUT2D eigenvalue weighted by Crippen LogP contribution is -2.46. The van der Waals surface area contributed by atoms with Gasteiger partial charge in [0.15, 0.2) is 0 Å². The monoisotopic (exact) mass is 312 g/mol. The summed E-state index contributed by atoms with van der Waals surface area (Å²) in [4.78, 5) is 24.6. The van der Waals surface area contributed by atoms with Crippen molar-refractivity contribution in [3.63, 3.8) is 0 Å². The van der Waals surface area contributed by atoms with Crippen LogP contribution in [0.5, 0.6) is 0 Å². The Morgan fingerprint density at radius 2 is 2.29 bits per heavy atom. The molecule has 1 heterocycles. The molecule has 1 fully saturated rings. The highest BCUT2D eigenvalue weighted by atomic mass is 35.5. The predicted molar refractivity (Wildman–Crippen MR) is 79.7 cm³/mol. The van der Waals surface area contributed by atoms with E-state index in [4.69, 9.17) is 16.3 Å². The van der Waals surface area contributed by atoms with Gasteiger partial charge in [0, 0.05) is 17.6 Å². The van der Waals surface area contributed by atoms with Gasteiger partial charge in [0.1, 0.15) is 11.7 Å². The van der Waals surface area contributed by atoms with Gasteiger partial charge >= 0.3 is 5.97 Å². The molecule has 1 aliphatic heterocycles. The first kappa shape index (κ1) is 15.6. The minimum absolute atomic E-state index is 0.0457. The number of nitrogens with zero attached hydrogens (tertiary/aromatic N) is 2. The van der Waals surface area contributed by atoms with E-state index in [-0.39, 0.29) is 11.7 Å². The van der Waals surface area contributed by atoms with Gasteiger partial charge in [-0.3, -0.25) is 10.1 Å². The van der Waals surface area contributed by atoms with E-state index in [0.717, 1.165) is 12.8 Å². The lowest BCUT2D eigenvalue weighted by atomic mass is 10.0. The Kier molecular flexibility index (Phi) is 5.01. The molecule has 21 heavy (non-hydrogen) atoms. The SMILES string of the molecule is CCOC(=O)C1CCCCN1c1cc(Cl)ccc1[N+](=O)[O-]. The van der Waals surface area contributed by atoms with Crippen molar-refractivity contribution < 1.29 is 14.5 Å². The van der Waals surface area contributed by atoms with Crippen LogP contribution in [0, 0.1) is 10.1 Å². The van der Waals surface area contributed by atoms with Crippen molar-refractivity contribution in [1.82, 2.24) is 0 Å². The average Bonchev–Trinajstić information content (AvgIpc) is 2.47. The predicted octanol–water partition coefficient (Wildman–Crippen LogP) is 3.17. The number of hydrogen-bond donors (Lipinski definition) is 0. The topological polar surface area (TPSA) is 72.7 Å². The van der Waals surface area contributed by atoms with E-state index in [9.17, 15) is 14.9 Å². The van der Waals surface area contributed by atoms with Crippen molar-refractivity contribution in [3.05, 3.63) is 33.3 Å². The molecule has 7 heteroatoms. The summed E-state index contributed by atoms with van der Waals surface area (Å²) in [6.07, 6.45) is 2.40. The fourth-order valence-electron chi connectivity index (χ4n) is 2.58. The van der Waals surface area contributed by atoms with Gasteiger partial charge in [-0.1, -0.05) is 11.6 Å². The van der Waals surface area contributed by atoms with Crippen LogP contribution < -0.4 is 4.90 Å². The van der Waals surface area contributed by atoms with Crippen LogP contribution in [0.25, 0.3) is 0 Å². The number of ether oxygens (including phenoxy) is 1. The number of halogens is 1. The maximum atomic E-state index is 12.1. The highest BCUT2D eigenvalue weighted by molar-refractivity contribution is 6.31. The standard InChI is InChI=1S/C14H17ClN2O4/c1-2-21-14(18)12-5-3-4-8-16(12)13-9-10(15)6-7-11(13)17(19)20/h6-7,9,12H,2-5,8H2,1H3. The Labute approximate surface area is 127 Å². The molecule has 0 saturated carbocycles. The zero-order valence-electron chi connectivity index (χ0n) is 11.8. The minimum atomic E-state index is -0.490. The van der Waals surface area contributed by atoms with Gasteiger partial charge in [-0.2, -0.15) is 0 Å². The Morgan fingerprint density at radius 3 is 2.95 bits per heavy atom. The first-order valence-corrected chi connectivity index (χ1v) is 7.29. The fourth-order valence-corrected chi connectivity index (χ4v) is 2.75. The highest BCUT2D eigenvalue weighted by Crippen LogP contribution is 2.35. The summed E-state index contributed by atoms with van der Waals surface area (Å²) in [6, 6.07) is 3.90. The molecule has 0 aliphatic carbocycles.